The fraction of sp³-hybridized carbons (Fsp3) is 0. The van der Waals surface area contributed by atoms with Crippen molar-refractivity contribution in [3.05, 3.63) is 0 Å². The molecule has 7 heavy (non-hydrogen) atoms. The van der Waals surface area contributed by atoms with E-state index in [4.69, 9.17) is 42.5 Å². The molecule has 0 N–H and O–H groups in total. The maximum atomic E-state index is 8.00. The zero-order valence-electron chi connectivity index (χ0n) is 2.94. The van der Waals surface area contributed by atoms with Crippen molar-refractivity contribution in [3.8, 4) is 0 Å². The Morgan fingerprint density at radius 3 is 1.00 bits per heavy atom. The molecule has 50 valence electrons. The van der Waals surface area contributed by atoms with Crippen molar-refractivity contribution in [2.24, 2.45) is 0 Å². The van der Waals surface area contributed by atoms with Gasteiger partial charge in [-0.05, 0) is 0 Å². The van der Waals surface area contributed by atoms with Crippen LogP contribution in [0.4, 0.5) is 0 Å². The van der Waals surface area contributed by atoms with Crippen molar-refractivity contribution >= 4 is 44.5 Å². The Hall–Kier alpha value is 1.52. The van der Waals surface area contributed by atoms with Crippen molar-refractivity contribution in [1.29, 1.82) is 0 Å². The normalized spacial score (nSPS) is 11.4. The van der Waals surface area contributed by atoms with Gasteiger partial charge in [0.15, 0.2) is 0 Å². The summed E-state index contributed by atoms with van der Waals surface area (Å²) in [4.78, 5) is 8.00. The van der Waals surface area contributed by atoms with E-state index in [9.17, 15) is 0 Å². The Labute approximate surface area is 60.8 Å². The first kappa shape index (κ1) is 11.3. The Kier molecular flexibility index (Phi) is 9.15. The van der Waals surface area contributed by atoms with E-state index < -0.39 is 11.9 Å². The molecule has 0 aliphatic rings. The van der Waals surface area contributed by atoms with Gasteiger partial charge in [0.2, 0.25) is 0 Å². The summed E-state index contributed by atoms with van der Waals surface area (Å²) in [7, 11) is 20.0. The standard InChI is InChI=1S/CH2O.4ClH.Pt/c1-2;;;;;/h1H2;4*1H;/q;;;;;+4/p-4. The molecule has 0 amide bonds. The third-order valence-corrected chi connectivity index (χ3v) is 0. The van der Waals surface area contributed by atoms with E-state index in [-0.39, 0.29) is 0 Å². The van der Waals surface area contributed by atoms with Crippen LogP contribution in [0.2, 0.25) is 0 Å². The summed E-state index contributed by atoms with van der Waals surface area (Å²) in [6.07, 6.45) is 0. The molecule has 1 nitrogen and oxygen atoms in total. The third-order valence-electron chi connectivity index (χ3n) is 0. The maximum absolute atomic E-state index is 8.00. The Balaban J connectivity index is 0. The predicted molar refractivity (Wildman–Crippen MR) is 30.5 cm³/mol. The molecule has 0 bridgehead atoms. The second-order valence-corrected chi connectivity index (χ2v) is 20.0. The van der Waals surface area contributed by atoms with Gasteiger partial charge in [-0.2, -0.15) is 0 Å². The minimum absolute atomic E-state index is 2.00. The van der Waals surface area contributed by atoms with Gasteiger partial charge < -0.3 is 4.79 Å². The number of carbonyl (C=O) groups is 1. The first-order valence-electron chi connectivity index (χ1n) is 0.767. The van der Waals surface area contributed by atoms with E-state index >= 15 is 0 Å². The van der Waals surface area contributed by atoms with Crippen LogP contribution in [0.15, 0.2) is 0 Å². The van der Waals surface area contributed by atoms with Gasteiger partial charge in [0.1, 0.15) is 6.79 Å². The monoisotopic (exact) mass is 365 g/mol. The zero-order valence-corrected chi connectivity index (χ0v) is 8.24. The van der Waals surface area contributed by atoms with Gasteiger partial charge in [-0.1, -0.05) is 0 Å². The van der Waals surface area contributed by atoms with E-state index in [0.29, 0.717) is 0 Å². The molecule has 0 unspecified atom stereocenters. The summed E-state index contributed by atoms with van der Waals surface area (Å²) in [6, 6.07) is 0. The fourth-order valence-electron chi connectivity index (χ4n) is 0. The van der Waals surface area contributed by atoms with Crippen LogP contribution in [0.1, 0.15) is 0 Å². The van der Waals surface area contributed by atoms with Crippen LogP contribution < -0.4 is 0 Å². The number of halogens is 4. The van der Waals surface area contributed by atoms with Gasteiger partial charge in [0.25, 0.3) is 0 Å². The molecule has 0 aliphatic carbocycles. The molecule has 0 saturated carbocycles. The average molecular weight is 367 g/mol. The summed E-state index contributed by atoms with van der Waals surface area (Å²) in [5.74, 6) is 0. The summed E-state index contributed by atoms with van der Waals surface area (Å²) in [6.45, 7) is 2.00. The predicted octanol–water partition coefficient (Wildman–Crippen LogP) is 2.57. The van der Waals surface area contributed by atoms with Crippen LogP contribution in [-0.2, 0) is 16.7 Å². The number of carbonyl (C=O) groups excluding carboxylic acids is 1. The van der Waals surface area contributed by atoms with Crippen LogP contribution in [-0.4, -0.2) is 6.79 Å². The number of hydrogen-bond acceptors (Lipinski definition) is 1. The van der Waals surface area contributed by atoms with Crippen LogP contribution >= 0.6 is 37.7 Å². The van der Waals surface area contributed by atoms with Gasteiger partial charge in [0.05, 0.1) is 0 Å². The molecule has 0 aromatic heterocycles. The fourth-order valence-corrected chi connectivity index (χ4v) is 0. The summed E-state index contributed by atoms with van der Waals surface area (Å²) in [5, 5.41) is 0. The molecule has 0 heterocycles. The van der Waals surface area contributed by atoms with E-state index in [1.54, 1.807) is 0 Å². The van der Waals surface area contributed by atoms with Gasteiger partial charge in [-0.3, -0.25) is 0 Å². The van der Waals surface area contributed by atoms with Crippen molar-refractivity contribution in [3.63, 3.8) is 0 Å². The van der Waals surface area contributed by atoms with Crippen LogP contribution in [0, 0.1) is 0 Å². The van der Waals surface area contributed by atoms with Crippen LogP contribution in [0.5, 0.6) is 0 Å². The molecule has 0 atom stereocenters. The second kappa shape index (κ2) is 5.65. The van der Waals surface area contributed by atoms with Crippen molar-refractivity contribution in [2.75, 3.05) is 0 Å². The SMILES string of the molecule is C=O.[Cl][Pt]([Cl])([Cl])[Cl]. The molecule has 0 spiro atoms. The van der Waals surface area contributed by atoms with E-state index in [2.05, 4.69) is 0 Å². The van der Waals surface area contributed by atoms with Crippen LogP contribution in [0.3, 0.4) is 0 Å². The Bertz CT molecular complexity index is 35.4. The molecule has 0 aromatic carbocycles. The Morgan fingerprint density at radius 2 is 1.00 bits per heavy atom. The molecular weight excluding hydrogens is 365 g/mol. The van der Waals surface area contributed by atoms with Gasteiger partial charge >= 0.3 is 49.6 Å². The van der Waals surface area contributed by atoms with E-state index in [1.165, 1.54) is 0 Å². The first-order chi connectivity index (χ1) is 3.00. The quantitative estimate of drug-likeness (QED) is 0.644. The third kappa shape index (κ3) is 99.3. The molecule has 0 rings (SSSR count). The molecular formula is CH2Cl4OPt. The van der Waals surface area contributed by atoms with E-state index in [0.717, 1.165) is 0 Å². The number of rotatable bonds is 0. The zero-order chi connectivity index (χ0) is 6.50. The minimum atomic E-state index is -3.06. The van der Waals surface area contributed by atoms with Crippen LogP contribution in [0.25, 0.3) is 0 Å². The van der Waals surface area contributed by atoms with E-state index in [1.807, 2.05) is 6.79 Å². The molecule has 0 aliphatic heterocycles. The first-order valence-corrected chi connectivity index (χ1v) is 12.0. The summed E-state index contributed by atoms with van der Waals surface area (Å²) >= 11 is -3.06. The van der Waals surface area contributed by atoms with Gasteiger partial charge in [-0.15, -0.1) is 0 Å². The summed E-state index contributed by atoms with van der Waals surface area (Å²) in [5.41, 5.74) is 0. The van der Waals surface area contributed by atoms with Crippen molar-refractivity contribution < 1.29 is 16.7 Å². The average Bonchev–Trinajstić information content (AvgIpc) is 1.36. The molecule has 0 aromatic rings. The topological polar surface area (TPSA) is 17.1 Å². The summed E-state index contributed by atoms with van der Waals surface area (Å²) < 4.78 is 0. The molecule has 0 saturated heterocycles. The Morgan fingerprint density at radius 1 is 1.00 bits per heavy atom. The molecule has 0 fully saturated rings. The van der Waals surface area contributed by atoms with Crippen molar-refractivity contribution in [1.82, 2.24) is 0 Å². The van der Waals surface area contributed by atoms with Gasteiger partial charge in [-0.25, -0.2) is 0 Å². The molecule has 6 heteroatoms. The second-order valence-electron chi connectivity index (χ2n) is 0.271. The van der Waals surface area contributed by atoms with Gasteiger partial charge in [0, 0.05) is 0 Å². The molecule has 0 radical (unpaired) electrons. The van der Waals surface area contributed by atoms with Crippen molar-refractivity contribution in [2.45, 2.75) is 0 Å². The number of hydrogen-bond donors (Lipinski definition) is 0.